The van der Waals surface area contributed by atoms with Crippen LogP contribution >= 0.6 is 0 Å². The Hall–Kier alpha value is -2.25. The second kappa shape index (κ2) is 9.80. The van der Waals surface area contributed by atoms with Crippen molar-refractivity contribution in [2.75, 3.05) is 13.7 Å². The summed E-state index contributed by atoms with van der Waals surface area (Å²) >= 11 is 0. The quantitative estimate of drug-likeness (QED) is 0.319. The van der Waals surface area contributed by atoms with Crippen molar-refractivity contribution >= 4 is 18.2 Å². The number of allylic oxidation sites excluding steroid dienone is 1. The molecule has 2 rings (SSSR count). The van der Waals surface area contributed by atoms with Gasteiger partial charge < -0.3 is 19.3 Å². The van der Waals surface area contributed by atoms with Gasteiger partial charge >= 0.3 is 11.9 Å². The SMILES string of the molecule is C=C1C(=O)O[C@@H]2/C=C(\CO)CC/C=C(\C=O)[C@H](OC)[C@H](OC(=O)[C@@H](C)CC)[C@H]12. The maximum absolute atomic E-state index is 12.6. The van der Waals surface area contributed by atoms with E-state index in [4.69, 9.17) is 14.2 Å². The van der Waals surface area contributed by atoms with Crippen LogP contribution in [0.3, 0.4) is 0 Å². The van der Waals surface area contributed by atoms with Gasteiger partial charge in [-0.1, -0.05) is 26.5 Å². The molecule has 1 saturated heterocycles. The number of fused-ring (bicyclic) bond motifs is 1. The summed E-state index contributed by atoms with van der Waals surface area (Å²) in [6.45, 7) is 7.22. The van der Waals surface area contributed by atoms with E-state index in [2.05, 4.69) is 6.58 Å². The first kappa shape index (κ1) is 22.0. The van der Waals surface area contributed by atoms with Gasteiger partial charge in [0.2, 0.25) is 0 Å². The van der Waals surface area contributed by atoms with Crippen molar-refractivity contribution in [3.8, 4) is 0 Å². The maximum atomic E-state index is 12.6. The van der Waals surface area contributed by atoms with Crippen molar-refractivity contribution < 1.29 is 33.7 Å². The molecule has 1 fully saturated rings. The Morgan fingerprint density at radius 3 is 2.79 bits per heavy atom. The third kappa shape index (κ3) is 4.59. The van der Waals surface area contributed by atoms with Gasteiger partial charge in [0, 0.05) is 18.3 Å². The van der Waals surface area contributed by atoms with E-state index in [1.165, 1.54) is 7.11 Å². The number of aliphatic hydroxyl groups excluding tert-OH is 1. The predicted molar refractivity (Wildman–Crippen MR) is 101 cm³/mol. The number of aldehydes is 1. The van der Waals surface area contributed by atoms with Crippen LogP contribution in [0.25, 0.3) is 0 Å². The molecule has 0 bridgehead atoms. The van der Waals surface area contributed by atoms with E-state index < -0.39 is 36.2 Å². The van der Waals surface area contributed by atoms with E-state index in [1.807, 2.05) is 6.92 Å². The van der Waals surface area contributed by atoms with Crippen molar-refractivity contribution in [2.45, 2.75) is 51.4 Å². The van der Waals surface area contributed by atoms with Crippen LogP contribution < -0.4 is 0 Å². The Bertz CT molecular complexity index is 691. The van der Waals surface area contributed by atoms with Crippen LogP contribution in [0.1, 0.15) is 33.1 Å². The Balaban J connectivity index is 2.56. The van der Waals surface area contributed by atoms with Crippen molar-refractivity contribution in [3.63, 3.8) is 0 Å². The Labute approximate surface area is 165 Å². The zero-order valence-electron chi connectivity index (χ0n) is 16.6. The third-order valence-electron chi connectivity index (χ3n) is 5.35. The van der Waals surface area contributed by atoms with Crippen LogP contribution in [0.4, 0.5) is 0 Å². The van der Waals surface area contributed by atoms with Crippen molar-refractivity contribution in [1.29, 1.82) is 0 Å². The monoisotopic (exact) mass is 392 g/mol. The predicted octanol–water partition coefficient (Wildman–Crippen LogP) is 1.89. The molecule has 7 heteroatoms. The fourth-order valence-corrected chi connectivity index (χ4v) is 3.43. The minimum absolute atomic E-state index is 0.147. The highest BCUT2D eigenvalue weighted by atomic mass is 16.6. The zero-order valence-corrected chi connectivity index (χ0v) is 16.6. The molecule has 28 heavy (non-hydrogen) atoms. The molecule has 0 saturated carbocycles. The third-order valence-corrected chi connectivity index (χ3v) is 5.35. The molecule has 1 N–H and O–H groups in total. The molecule has 5 atom stereocenters. The number of rotatable bonds is 6. The summed E-state index contributed by atoms with van der Waals surface area (Å²) < 4.78 is 16.7. The summed E-state index contributed by atoms with van der Waals surface area (Å²) in [5.74, 6) is -2.13. The standard InChI is InChI=1S/C21H28O7/c1-5-12(2)20(24)28-19-17-13(3)21(25)27-16(17)9-14(10-22)7-6-8-15(11-23)18(19)26-4/h8-9,11-12,16-19,22H,3,5-7,10H2,1-2,4H3/b14-9-,15-8+/t12-,16+,17+,18-,19+/m0/s1. The molecule has 154 valence electrons. The molecule has 0 aromatic carbocycles. The highest BCUT2D eigenvalue weighted by molar-refractivity contribution is 5.91. The average Bonchev–Trinajstić information content (AvgIpc) is 2.97. The van der Waals surface area contributed by atoms with E-state index in [9.17, 15) is 19.5 Å². The van der Waals surface area contributed by atoms with Gasteiger partial charge in [0.1, 0.15) is 24.6 Å². The molecule has 1 aliphatic heterocycles. The number of ether oxygens (including phenoxy) is 3. The molecular weight excluding hydrogens is 364 g/mol. The molecule has 0 aromatic rings. The number of hydrogen-bond donors (Lipinski definition) is 1. The van der Waals surface area contributed by atoms with Gasteiger partial charge in [0.25, 0.3) is 0 Å². The van der Waals surface area contributed by atoms with Gasteiger partial charge in [0.05, 0.1) is 18.4 Å². The average molecular weight is 392 g/mol. The molecular formula is C21H28O7. The topological polar surface area (TPSA) is 99.1 Å². The first-order valence-electron chi connectivity index (χ1n) is 9.46. The van der Waals surface area contributed by atoms with E-state index in [1.54, 1.807) is 19.1 Å². The van der Waals surface area contributed by atoms with Gasteiger partial charge in [-0.05, 0) is 30.9 Å². The van der Waals surface area contributed by atoms with Gasteiger partial charge in [-0.3, -0.25) is 9.59 Å². The Morgan fingerprint density at radius 1 is 1.50 bits per heavy atom. The van der Waals surface area contributed by atoms with Crippen LogP contribution in [0.2, 0.25) is 0 Å². The largest absolute Gasteiger partial charge is 0.458 e. The van der Waals surface area contributed by atoms with Crippen LogP contribution in [0.15, 0.2) is 35.5 Å². The van der Waals surface area contributed by atoms with Crippen LogP contribution in [0.5, 0.6) is 0 Å². The number of methoxy groups -OCH3 is 1. The van der Waals surface area contributed by atoms with Gasteiger partial charge in [-0.25, -0.2) is 4.79 Å². The number of aliphatic hydroxyl groups is 1. The first-order valence-corrected chi connectivity index (χ1v) is 9.46. The Kier molecular flexibility index (Phi) is 7.71. The second-order valence-corrected chi connectivity index (χ2v) is 7.13. The number of carbonyl (C=O) groups excluding carboxylic acids is 3. The van der Waals surface area contributed by atoms with Gasteiger partial charge in [0.15, 0.2) is 0 Å². The summed E-state index contributed by atoms with van der Waals surface area (Å²) in [7, 11) is 1.42. The van der Waals surface area contributed by atoms with E-state index in [0.29, 0.717) is 36.7 Å². The van der Waals surface area contributed by atoms with Gasteiger partial charge in [-0.2, -0.15) is 0 Å². The summed E-state index contributed by atoms with van der Waals surface area (Å²) in [6.07, 6.45) is 3.01. The normalized spacial score (nSPS) is 32.9. The lowest BCUT2D eigenvalue weighted by atomic mass is 9.83. The lowest BCUT2D eigenvalue weighted by Gasteiger charge is -2.33. The fraction of sp³-hybridized carbons (Fsp3) is 0.571. The molecule has 2 aliphatic rings. The molecule has 0 amide bonds. The number of esters is 2. The van der Waals surface area contributed by atoms with E-state index >= 15 is 0 Å². The molecule has 0 spiro atoms. The molecule has 1 heterocycles. The summed E-state index contributed by atoms with van der Waals surface area (Å²) in [4.78, 5) is 36.5. The summed E-state index contributed by atoms with van der Waals surface area (Å²) in [6, 6.07) is 0. The van der Waals surface area contributed by atoms with Crippen LogP contribution in [-0.4, -0.2) is 55.4 Å². The molecule has 7 nitrogen and oxygen atoms in total. The smallest absolute Gasteiger partial charge is 0.334 e. The molecule has 0 unspecified atom stereocenters. The van der Waals surface area contributed by atoms with E-state index in [-0.39, 0.29) is 18.1 Å². The zero-order chi connectivity index (χ0) is 20.8. The lowest BCUT2D eigenvalue weighted by molar-refractivity contribution is -0.164. The van der Waals surface area contributed by atoms with Crippen molar-refractivity contribution in [1.82, 2.24) is 0 Å². The van der Waals surface area contributed by atoms with E-state index in [0.717, 1.165) is 0 Å². The number of hydrogen-bond acceptors (Lipinski definition) is 7. The highest BCUT2D eigenvalue weighted by Crippen LogP contribution is 2.37. The molecule has 0 radical (unpaired) electrons. The summed E-state index contributed by atoms with van der Waals surface area (Å²) in [5.41, 5.74) is 1.13. The fourth-order valence-electron chi connectivity index (χ4n) is 3.43. The lowest BCUT2D eigenvalue weighted by Crippen LogP contribution is -2.44. The summed E-state index contributed by atoms with van der Waals surface area (Å²) in [5, 5.41) is 9.63. The second-order valence-electron chi connectivity index (χ2n) is 7.13. The first-order chi connectivity index (χ1) is 13.4. The van der Waals surface area contributed by atoms with Crippen LogP contribution in [-0.2, 0) is 28.6 Å². The maximum Gasteiger partial charge on any atom is 0.334 e. The highest BCUT2D eigenvalue weighted by Gasteiger charge is 2.48. The van der Waals surface area contributed by atoms with Crippen LogP contribution in [0, 0.1) is 11.8 Å². The Morgan fingerprint density at radius 2 is 2.21 bits per heavy atom. The molecule has 1 aliphatic carbocycles. The number of carbonyl (C=O) groups is 3. The van der Waals surface area contributed by atoms with Crippen molar-refractivity contribution in [3.05, 3.63) is 35.5 Å². The van der Waals surface area contributed by atoms with Crippen molar-refractivity contribution in [2.24, 2.45) is 11.8 Å². The molecule has 0 aromatic heterocycles. The minimum atomic E-state index is -0.971. The van der Waals surface area contributed by atoms with Gasteiger partial charge in [-0.15, -0.1) is 0 Å². The minimum Gasteiger partial charge on any atom is -0.458 e.